The fourth-order valence-electron chi connectivity index (χ4n) is 6.93. The highest BCUT2D eigenvalue weighted by molar-refractivity contribution is 6.31. The number of benzene rings is 4. The quantitative estimate of drug-likeness (QED) is 0.0637. The molecule has 0 fully saturated rings. The average molecular weight is 775 g/mol. The van der Waals surface area contributed by atoms with Gasteiger partial charge in [0.25, 0.3) is 0 Å². The van der Waals surface area contributed by atoms with E-state index in [4.69, 9.17) is 18.9 Å². The first-order valence-electron chi connectivity index (χ1n) is 18.8. The molecule has 0 saturated carbocycles. The van der Waals surface area contributed by atoms with Gasteiger partial charge in [0.05, 0.1) is 22.3 Å². The van der Waals surface area contributed by atoms with Crippen molar-refractivity contribution in [2.45, 2.75) is 105 Å². The van der Waals surface area contributed by atoms with Crippen molar-refractivity contribution >= 4 is 34.3 Å². The van der Waals surface area contributed by atoms with E-state index in [1.807, 2.05) is 55.4 Å². The Balaban J connectivity index is 1.88. The Morgan fingerprint density at radius 1 is 0.500 bits per heavy atom. The Morgan fingerprint density at radius 2 is 0.786 bits per heavy atom. The van der Waals surface area contributed by atoms with Crippen LogP contribution < -0.4 is 20.1 Å². The number of hydrogen-bond donors (Lipinski definition) is 4. The van der Waals surface area contributed by atoms with Crippen LogP contribution in [-0.4, -0.2) is 48.6 Å². The van der Waals surface area contributed by atoms with E-state index in [2.05, 4.69) is 10.6 Å². The highest BCUT2D eigenvalue weighted by atomic mass is 19.1. The second-order valence-electron chi connectivity index (χ2n) is 15.3. The number of ether oxygens (including phenoxy) is 4. The van der Waals surface area contributed by atoms with E-state index in [-0.39, 0.29) is 23.7 Å². The Morgan fingerprint density at radius 3 is 1.04 bits per heavy atom. The van der Waals surface area contributed by atoms with Crippen molar-refractivity contribution in [3.05, 3.63) is 92.5 Å². The van der Waals surface area contributed by atoms with Crippen molar-refractivity contribution in [3.63, 3.8) is 0 Å². The second-order valence-corrected chi connectivity index (χ2v) is 15.3. The minimum Gasteiger partial charge on any atom is -0.507 e. The smallest absolute Gasteiger partial charge is 0.201 e. The van der Waals surface area contributed by atoms with Crippen molar-refractivity contribution in [3.8, 4) is 23.0 Å². The van der Waals surface area contributed by atoms with Crippen LogP contribution in [-0.2, 0) is 9.47 Å². The summed E-state index contributed by atoms with van der Waals surface area (Å²) in [6, 6.07) is 9.24. The first-order valence-corrected chi connectivity index (χ1v) is 18.8. The van der Waals surface area contributed by atoms with Gasteiger partial charge in [0.2, 0.25) is 11.6 Å². The molecule has 0 aromatic heterocycles. The van der Waals surface area contributed by atoms with E-state index >= 15 is 8.78 Å². The van der Waals surface area contributed by atoms with Crippen molar-refractivity contribution in [2.24, 2.45) is 0 Å². The van der Waals surface area contributed by atoms with E-state index < -0.39 is 80.9 Å². The highest BCUT2D eigenvalue weighted by Crippen LogP contribution is 2.49. The molecule has 300 valence electrons. The van der Waals surface area contributed by atoms with Crippen molar-refractivity contribution in [2.75, 3.05) is 24.9 Å². The zero-order valence-electron chi connectivity index (χ0n) is 34.0. The lowest BCUT2D eigenvalue weighted by Crippen LogP contribution is -2.26. The molecule has 0 heterocycles. The summed E-state index contributed by atoms with van der Waals surface area (Å²) in [6.45, 7) is 19.1. The maximum absolute atomic E-state index is 17.6. The number of carbonyl (C=O) groups is 2. The largest absolute Gasteiger partial charge is 0.507 e. The van der Waals surface area contributed by atoms with Crippen molar-refractivity contribution in [1.29, 1.82) is 0 Å². The van der Waals surface area contributed by atoms with Crippen molar-refractivity contribution < 1.29 is 47.5 Å². The molecule has 4 aromatic rings. The van der Waals surface area contributed by atoms with E-state index in [0.717, 1.165) is 12.1 Å². The molecule has 5 rings (SSSR count). The number of fused-ring (bicyclic) bond motifs is 2. The molecule has 2 unspecified atom stereocenters. The zero-order valence-corrected chi connectivity index (χ0v) is 34.0. The number of aromatic hydroxyl groups is 2. The fraction of sp³-hybridized carbons (Fsp3) is 0.409. The molecule has 1 aliphatic rings. The molecule has 0 spiro atoms. The van der Waals surface area contributed by atoms with Gasteiger partial charge in [-0.2, -0.15) is 0 Å². The van der Waals surface area contributed by atoms with Gasteiger partial charge in [-0.1, -0.05) is 55.4 Å². The number of phenols is 2. The number of anilines is 4. The number of nitrogens with one attached hydrogen (secondary N) is 2. The Labute approximate surface area is 327 Å². The van der Waals surface area contributed by atoms with Crippen LogP contribution in [0.4, 0.5) is 31.5 Å². The lowest BCUT2D eigenvalue weighted by Gasteiger charge is -2.29. The molecule has 0 bridgehead atoms. The van der Waals surface area contributed by atoms with Crippen LogP contribution in [0.1, 0.15) is 147 Å². The van der Waals surface area contributed by atoms with Gasteiger partial charge in [-0.25, -0.2) is 8.78 Å². The third kappa shape index (κ3) is 7.77. The summed E-state index contributed by atoms with van der Waals surface area (Å²) < 4.78 is 57.9. The molecule has 1 aliphatic carbocycles. The predicted octanol–water partition coefficient (Wildman–Crippen LogP) is 10.9. The number of hydrogen-bond acceptors (Lipinski definition) is 10. The van der Waals surface area contributed by atoms with Gasteiger partial charge in [0, 0.05) is 25.6 Å². The van der Waals surface area contributed by atoms with Crippen molar-refractivity contribution in [1.82, 2.24) is 0 Å². The predicted molar refractivity (Wildman–Crippen MR) is 213 cm³/mol. The highest BCUT2D eigenvalue weighted by Gasteiger charge is 2.42. The lowest BCUT2D eigenvalue weighted by atomic mass is 9.81. The summed E-state index contributed by atoms with van der Waals surface area (Å²) in [5.41, 5.74) is -0.132. The van der Waals surface area contributed by atoms with Gasteiger partial charge in [-0.3, -0.25) is 9.59 Å². The Hall–Kier alpha value is -5.20. The van der Waals surface area contributed by atoms with Gasteiger partial charge in [-0.15, -0.1) is 0 Å². The molecule has 2 atom stereocenters. The monoisotopic (exact) mass is 774 g/mol. The van der Waals surface area contributed by atoms with Crippen LogP contribution in [0.2, 0.25) is 0 Å². The lowest BCUT2D eigenvalue weighted by molar-refractivity contribution is -0.0386. The number of rotatable bonds is 14. The summed E-state index contributed by atoms with van der Waals surface area (Å²) in [5.74, 6) is -5.68. The van der Waals surface area contributed by atoms with Gasteiger partial charge in [0.15, 0.2) is 24.2 Å². The average Bonchev–Trinajstić information content (AvgIpc) is 3.13. The maximum Gasteiger partial charge on any atom is 0.201 e. The Bertz CT molecular complexity index is 1970. The number of carbonyl (C=O) groups excluding carboxylic acids is 2. The molecular formula is C44H52F2N2O8. The first-order chi connectivity index (χ1) is 26.3. The van der Waals surface area contributed by atoms with E-state index in [0.29, 0.717) is 45.1 Å². The summed E-state index contributed by atoms with van der Waals surface area (Å²) in [6.07, 6.45) is -1.14. The summed E-state index contributed by atoms with van der Waals surface area (Å²) >= 11 is 0. The van der Waals surface area contributed by atoms with Gasteiger partial charge in [0.1, 0.15) is 34.4 Å². The molecule has 10 nitrogen and oxygen atoms in total. The second kappa shape index (κ2) is 16.5. The summed E-state index contributed by atoms with van der Waals surface area (Å²) in [5, 5.41) is 27.8. The molecule has 56 heavy (non-hydrogen) atoms. The van der Waals surface area contributed by atoms with E-state index in [1.165, 1.54) is 14.2 Å². The van der Waals surface area contributed by atoms with Crippen LogP contribution in [0.25, 0.3) is 0 Å². The van der Waals surface area contributed by atoms with Gasteiger partial charge < -0.3 is 39.8 Å². The topological polar surface area (TPSA) is 136 Å². The molecule has 0 amide bonds. The third-order valence-electron chi connectivity index (χ3n) is 10.0. The van der Waals surface area contributed by atoms with E-state index in [1.54, 1.807) is 38.1 Å². The molecular weight excluding hydrogens is 722 g/mol. The van der Waals surface area contributed by atoms with Gasteiger partial charge >= 0.3 is 0 Å². The van der Waals surface area contributed by atoms with Crippen LogP contribution in [0.5, 0.6) is 23.0 Å². The third-order valence-corrected chi connectivity index (χ3v) is 10.0. The number of phenolic OH excluding ortho intramolecular Hbond substituents is 2. The first kappa shape index (κ1) is 42.0. The van der Waals surface area contributed by atoms with Gasteiger partial charge in [-0.05, 0) is 96.2 Å². The molecule has 0 radical (unpaired) electrons. The Kier molecular flexibility index (Phi) is 12.4. The molecule has 4 N–H and O–H groups in total. The molecule has 0 saturated heterocycles. The number of methoxy groups -OCH3 is 2. The van der Waals surface area contributed by atoms with E-state index in [9.17, 15) is 19.8 Å². The van der Waals surface area contributed by atoms with Crippen LogP contribution in [0.3, 0.4) is 0 Å². The van der Waals surface area contributed by atoms with Crippen LogP contribution in [0, 0.1) is 11.6 Å². The molecule has 4 aromatic carbocycles. The summed E-state index contributed by atoms with van der Waals surface area (Å²) in [7, 11) is 3.05. The normalized spacial score (nSPS) is 13.7. The minimum atomic E-state index is -1.22. The molecule has 12 heteroatoms. The fourth-order valence-corrected chi connectivity index (χ4v) is 6.93. The van der Waals surface area contributed by atoms with Crippen LogP contribution in [0.15, 0.2) is 36.4 Å². The summed E-state index contributed by atoms with van der Waals surface area (Å²) in [4.78, 5) is 28.2. The number of ketones is 2. The standard InChI is InChI=1S/C44H52F2N2O8/c1-19(2)27-15-25(55-23(9)53-11)16-28(20(3)4)39(27)47-41-37(45)35-36(44(52)34-32(50)14-13-31(49)33(34)43(35)51)38(46)42(41)48-40-29(21(5)6)17-26(56-24(10)54-12)18-30(40)22(7)8/h13-24,47-50H,1-12H3. The van der Waals surface area contributed by atoms with Crippen LogP contribution >= 0.6 is 0 Å². The zero-order chi connectivity index (χ0) is 41.5. The number of halogens is 2. The maximum atomic E-state index is 17.6. The minimum absolute atomic E-state index is 0.157. The molecule has 0 aliphatic heterocycles. The SMILES string of the molecule is COC(C)Oc1cc(C(C)C)c(Nc2c(F)c3c(c(F)c2Nc2c(C(C)C)cc(OC(C)OC)cc2C(C)C)C(=O)c2c(O)ccc(O)c2C3=O)c(C(C)C)c1.